The minimum atomic E-state index is 0.178. The van der Waals surface area contributed by atoms with Crippen LogP contribution in [0, 0.1) is 0 Å². The summed E-state index contributed by atoms with van der Waals surface area (Å²) >= 11 is 0. The molecule has 0 spiro atoms. The Labute approximate surface area is 205 Å². The summed E-state index contributed by atoms with van der Waals surface area (Å²) in [4.78, 5) is 25.6. The van der Waals surface area contributed by atoms with E-state index in [1.165, 1.54) is 0 Å². The molecule has 0 radical (unpaired) electrons. The summed E-state index contributed by atoms with van der Waals surface area (Å²) in [6, 6.07) is 17.5. The largest absolute Gasteiger partial charge is 0.457 e. The van der Waals surface area contributed by atoms with Crippen molar-refractivity contribution in [2.24, 2.45) is 0 Å². The zero-order valence-corrected chi connectivity index (χ0v) is 20.1. The number of hydrogen-bond acceptors (Lipinski definition) is 6. The average molecular weight is 471 g/mol. The second-order valence-corrected chi connectivity index (χ2v) is 9.22. The van der Waals surface area contributed by atoms with Gasteiger partial charge in [0.1, 0.15) is 28.7 Å². The number of nitrogens with two attached hydrogens (primary N) is 1. The highest BCUT2D eigenvalue weighted by atomic mass is 16.5. The van der Waals surface area contributed by atoms with Crippen LogP contribution in [0.15, 0.2) is 67.0 Å². The predicted octanol–water partition coefficient (Wildman–Crippen LogP) is 4.04. The molecule has 1 saturated heterocycles. The van der Waals surface area contributed by atoms with E-state index in [1.807, 2.05) is 84.7 Å². The van der Waals surface area contributed by atoms with Crippen LogP contribution in [0.4, 0.5) is 5.82 Å². The van der Waals surface area contributed by atoms with E-state index in [1.54, 1.807) is 6.20 Å². The van der Waals surface area contributed by atoms with Gasteiger partial charge in [0, 0.05) is 30.8 Å². The molecule has 180 valence electrons. The van der Waals surface area contributed by atoms with Crippen molar-refractivity contribution in [3.63, 3.8) is 0 Å². The van der Waals surface area contributed by atoms with Gasteiger partial charge < -0.3 is 20.3 Å². The number of nitrogen functional groups attached to an aromatic ring is 1. The maximum Gasteiger partial charge on any atom is 0.236 e. The molecule has 1 amide bonds. The quantitative estimate of drug-likeness (QED) is 0.458. The monoisotopic (exact) mass is 470 g/mol. The number of hydrogen-bond donors (Lipinski definition) is 1. The van der Waals surface area contributed by atoms with E-state index in [9.17, 15) is 4.79 Å². The third-order valence-electron chi connectivity index (χ3n) is 6.37. The van der Waals surface area contributed by atoms with Crippen LogP contribution in [-0.2, 0) is 4.79 Å². The number of carbonyl (C=O) groups excluding carboxylic acids is 1. The molecule has 8 heteroatoms. The van der Waals surface area contributed by atoms with E-state index in [0.29, 0.717) is 12.4 Å². The second-order valence-electron chi connectivity index (χ2n) is 9.22. The van der Waals surface area contributed by atoms with Crippen LogP contribution in [0.5, 0.6) is 11.5 Å². The number of carbonyl (C=O) groups is 1. The first kappa shape index (κ1) is 22.9. The number of aromatic nitrogens is 3. The number of benzene rings is 2. The summed E-state index contributed by atoms with van der Waals surface area (Å²) in [5.74, 6) is 3.41. The lowest BCUT2D eigenvalue weighted by Gasteiger charge is -2.32. The minimum Gasteiger partial charge on any atom is -0.457 e. The van der Waals surface area contributed by atoms with Crippen molar-refractivity contribution in [3.8, 4) is 22.8 Å². The molecule has 8 nitrogen and oxygen atoms in total. The van der Waals surface area contributed by atoms with Gasteiger partial charge in [0.15, 0.2) is 0 Å². The van der Waals surface area contributed by atoms with Crippen molar-refractivity contribution in [2.75, 3.05) is 39.5 Å². The molecular weight excluding hydrogens is 440 g/mol. The van der Waals surface area contributed by atoms with Gasteiger partial charge in [0.05, 0.1) is 18.4 Å². The highest BCUT2D eigenvalue weighted by molar-refractivity contribution is 5.78. The molecule has 0 unspecified atom stereocenters. The number of rotatable bonds is 6. The molecule has 1 aliphatic rings. The van der Waals surface area contributed by atoms with Crippen LogP contribution in [-0.4, -0.2) is 63.8 Å². The fraction of sp³-hybridized carbons (Fsp3) is 0.296. The normalized spacial score (nSPS) is 14.5. The Kier molecular flexibility index (Phi) is 6.37. The number of ether oxygens (including phenoxy) is 1. The molecular formula is C27H30N6O2. The molecule has 2 aromatic heterocycles. The average Bonchev–Trinajstić information content (AvgIpc) is 3.29. The van der Waals surface area contributed by atoms with Gasteiger partial charge in [-0.05, 0) is 63.3 Å². The van der Waals surface area contributed by atoms with Crippen molar-refractivity contribution in [1.82, 2.24) is 24.2 Å². The lowest BCUT2D eigenvalue weighted by Crippen LogP contribution is -2.42. The molecule has 3 heterocycles. The molecule has 0 atom stereocenters. The summed E-state index contributed by atoms with van der Waals surface area (Å²) in [6.07, 6.45) is 5.55. The zero-order chi connectivity index (χ0) is 24.4. The second kappa shape index (κ2) is 9.76. The van der Waals surface area contributed by atoms with Crippen LogP contribution in [0.2, 0.25) is 0 Å². The van der Waals surface area contributed by atoms with E-state index < -0.39 is 0 Å². The summed E-state index contributed by atoms with van der Waals surface area (Å²) in [6.45, 7) is 1.92. The molecule has 1 fully saturated rings. The molecule has 1 aliphatic heterocycles. The molecule has 5 rings (SSSR count). The van der Waals surface area contributed by atoms with Gasteiger partial charge in [-0.15, -0.1) is 0 Å². The Bertz CT molecular complexity index is 1310. The Morgan fingerprint density at radius 3 is 2.43 bits per heavy atom. The van der Waals surface area contributed by atoms with Gasteiger partial charge in [0.2, 0.25) is 5.91 Å². The van der Waals surface area contributed by atoms with Crippen molar-refractivity contribution in [1.29, 1.82) is 0 Å². The predicted molar refractivity (Wildman–Crippen MR) is 136 cm³/mol. The van der Waals surface area contributed by atoms with Crippen LogP contribution >= 0.6 is 0 Å². The number of likely N-dealkylation sites (tertiary alicyclic amines) is 1. The number of likely N-dealkylation sites (N-methyl/N-ethyl adjacent to an activating group) is 1. The molecule has 35 heavy (non-hydrogen) atoms. The van der Waals surface area contributed by atoms with E-state index >= 15 is 0 Å². The van der Waals surface area contributed by atoms with Gasteiger partial charge in [-0.25, -0.2) is 9.97 Å². The fourth-order valence-corrected chi connectivity index (χ4v) is 4.56. The van der Waals surface area contributed by atoms with E-state index in [2.05, 4.69) is 9.38 Å². The van der Waals surface area contributed by atoms with Crippen molar-refractivity contribution in [3.05, 3.63) is 72.8 Å². The van der Waals surface area contributed by atoms with Gasteiger partial charge in [-0.1, -0.05) is 18.2 Å². The Hall–Kier alpha value is -3.91. The van der Waals surface area contributed by atoms with Gasteiger partial charge >= 0.3 is 0 Å². The molecule has 0 saturated carbocycles. The number of para-hydroxylation sites is 1. The van der Waals surface area contributed by atoms with E-state index in [-0.39, 0.29) is 11.8 Å². The lowest BCUT2D eigenvalue weighted by atomic mass is 9.96. The number of nitrogens with zero attached hydrogens (tertiary/aromatic N) is 5. The number of piperidine rings is 1. The van der Waals surface area contributed by atoms with Crippen LogP contribution < -0.4 is 10.5 Å². The highest BCUT2D eigenvalue weighted by Gasteiger charge is 2.27. The lowest BCUT2D eigenvalue weighted by molar-refractivity contribution is -0.132. The van der Waals surface area contributed by atoms with Gasteiger partial charge in [0.25, 0.3) is 0 Å². The topological polar surface area (TPSA) is 89.0 Å². The Balaban J connectivity index is 1.35. The standard InChI is InChI=1S/C27H30N6O2/c1-31(2)18-25(34)32-14-12-20(13-15-32)27-29-16-24-26(28)30-23(17-33(24)27)19-8-10-22(11-9-19)35-21-6-4-3-5-7-21/h3-11,16-17,20H,12-15,18H2,1-2H3,(H2,28,30). The molecule has 4 aromatic rings. The van der Waals surface area contributed by atoms with E-state index in [4.69, 9.17) is 15.5 Å². The fourth-order valence-electron chi connectivity index (χ4n) is 4.56. The number of amides is 1. The molecule has 0 bridgehead atoms. The first-order chi connectivity index (χ1) is 17.0. The highest BCUT2D eigenvalue weighted by Crippen LogP contribution is 2.31. The smallest absolute Gasteiger partial charge is 0.236 e. The molecule has 2 aromatic carbocycles. The van der Waals surface area contributed by atoms with Crippen molar-refractivity contribution in [2.45, 2.75) is 18.8 Å². The minimum absolute atomic E-state index is 0.178. The first-order valence-corrected chi connectivity index (χ1v) is 11.9. The number of imidazole rings is 1. The number of anilines is 1. The maximum absolute atomic E-state index is 12.4. The maximum atomic E-state index is 12.4. The summed E-state index contributed by atoms with van der Waals surface area (Å²) < 4.78 is 7.97. The molecule has 2 N–H and O–H groups in total. The summed E-state index contributed by atoms with van der Waals surface area (Å²) in [5, 5.41) is 0. The number of fused-ring (bicyclic) bond motifs is 1. The van der Waals surface area contributed by atoms with Gasteiger partial charge in [-0.3, -0.25) is 9.20 Å². The Morgan fingerprint density at radius 2 is 1.74 bits per heavy atom. The van der Waals surface area contributed by atoms with E-state index in [0.717, 1.165) is 60.0 Å². The summed E-state index contributed by atoms with van der Waals surface area (Å²) in [7, 11) is 3.84. The van der Waals surface area contributed by atoms with Crippen LogP contribution in [0.1, 0.15) is 24.6 Å². The first-order valence-electron chi connectivity index (χ1n) is 11.9. The van der Waals surface area contributed by atoms with Crippen molar-refractivity contribution < 1.29 is 9.53 Å². The SMILES string of the molecule is CN(C)CC(=O)N1CCC(c2ncc3c(N)nc(-c4ccc(Oc5ccccc5)cc4)cn23)CC1. The third kappa shape index (κ3) is 4.97. The molecule has 0 aliphatic carbocycles. The van der Waals surface area contributed by atoms with Crippen LogP contribution in [0.3, 0.4) is 0 Å². The zero-order valence-electron chi connectivity index (χ0n) is 20.1. The summed E-state index contributed by atoms with van der Waals surface area (Å²) in [5.41, 5.74) is 8.85. The van der Waals surface area contributed by atoms with Crippen LogP contribution in [0.25, 0.3) is 16.8 Å². The van der Waals surface area contributed by atoms with Crippen molar-refractivity contribution >= 4 is 17.2 Å². The third-order valence-corrected chi connectivity index (χ3v) is 6.37. The van der Waals surface area contributed by atoms with Gasteiger partial charge in [-0.2, -0.15) is 0 Å². The Morgan fingerprint density at radius 1 is 1.06 bits per heavy atom.